The van der Waals surface area contributed by atoms with Crippen molar-refractivity contribution in [3.8, 4) is 5.75 Å². The predicted molar refractivity (Wildman–Crippen MR) is 95.2 cm³/mol. The van der Waals surface area contributed by atoms with Gasteiger partial charge >= 0.3 is 5.69 Å². The summed E-state index contributed by atoms with van der Waals surface area (Å²) in [5.41, 5.74) is 0.616. The molecule has 1 amide bonds. The summed E-state index contributed by atoms with van der Waals surface area (Å²) < 4.78 is 12.7. The first-order valence-electron chi connectivity index (χ1n) is 8.32. The number of nitro benzene ring substituents is 1. The van der Waals surface area contributed by atoms with E-state index in [9.17, 15) is 14.9 Å². The highest BCUT2D eigenvalue weighted by molar-refractivity contribution is 5.91. The fraction of sp³-hybridized carbons (Fsp3) is 0.222. The number of nitro groups is 1. The molecular weight excluding hydrogens is 352 g/mol. The van der Waals surface area contributed by atoms with Crippen LogP contribution in [0.4, 0.5) is 5.69 Å². The van der Waals surface area contributed by atoms with Crippen molar-refractivity contribution >= 4 is 11.6 Å². The number of nitrogens with zero attached hydrogens (tertiary/aromatic N) is 3. The molecule has 9 nitrogen and oxygen atoms in total. The third-order valence-electron chi connectivity index (χ3n) is 3.77. The summed E-state index contributed by atoms with van der Waals surface area (Å²) >= 11 is 0. The van der Waals surface area contributed by atoms with Gasteiger partial charge in [0.05, 0.1) is 17.2 Å². The van der Waals surface area contributed by atoms with E-state index in [1.165, 1.54) is 18.2 Å². The quantitative estimate of drug-likeness (QED) is 0.482. The van der Waals surface area contributed by atoms with Crippen LogP contribution in [0.5, 0.6) is 5.75 Å². The van der Waals surface area contributed by atoms with E-state index in [0.717, 1.165) is 12.2 Å². The maximum Gasteiger partial charge on any atom is 0.310 e. The molecule has 2 aromatic heterocycles. The molecule has 1 aromatic carbocycles. The second-order valence-corrected chi connectivity index (χ2v) is 5.62. The van der Waals surface area contributed by atoms with Crippen molar-refractivity contribution in [2.45, 2.75) is 26.6 Å². The summed E-state index contributed by atoms with van der Waals surface area (Å²) in [5.74, 6) is 0.272. The maximum atomic E-state index is 12.2. The monoisotopic (exact) mass is 370 g/mol. The van der Waals surface area contributed by atoms with Crippen LogP contribution in [-0.2, 0) is 19.7 Å². The smallest absolute Gasteiger partial charge is 0.310 e. The molecule has 0 spiro atoms. The number of aryl methyl sites for hydroxylation is 1. The van der Waals surface area contributed by atoms with E-state index >= 15 is 0 Å². The van der Waals surface area contributed by atoms with Crippen LogP contribution >= 0.6 is 0 Å². The molecule has 0 saturated carbocycles. The van der Waals surface area contributed by atoms with Crippen LogP contribution in [0.1, 0.15) is 28.9 Å². The van der Waals surface area contributed by atoms with Crippen molar-refractivity contribution in [2.75, 3.05) is 0 Å². The van der Waals surface area contributed by atoms with E-state index in [2.05, 4.69) is 10.4 Å². The van der Waals surface area contributed by atoms with Gasteiger partial charge in [-0.3, -0.25) is 19.6 Å². The lowest BCUT2D eigenvalue weighted by Crippen LogP contribution is -2.22. The van der Waals surface area contributed by atoms with Gasteiger partial charge in [-0.1, -0.05) is 12.1 Å². The Morgan fingerprint density at radius 3 is 2.85 bits per heavy atom. The normalized spacial score (nSPS) is 10.6. The van der Waals surface area contributed by atoms with Crippen LogP contribution < -0.4 is 10.1 Å². The molecule has 0 unspecified atom stereocenters. The zero-order valence-electron chi connectivity index (χ0n) is 14.6. The Bertz CT molecular complexity index is 947. The van der Waals surface area contributed by atoms with Crippen molar-refractivity contribution in [1.82, 2.24) is 15.1 Å². The lowest BCUT2D eigenvalue weighted by Gasteiger charge is -2.04. The molecule has 3 rings (SSSR count). The molecular formula is C18H18N4O5. The predicted octanol–water partition coefficient (Wildman–Crippen LogP) is 2.91. The van der Waals surface area contributed by atoms with Crippen molar-refractivity contribution in [3.63, 3.8) is 0 Å². The summed E-state index contributed by atoms with van der Waals surface area (Å²) in [4.78, 5) is 22.6. The number of carbonyl (C=O) groups excluding carboxylic acids is 1. The molecule has 27 heavy (non-hydrogen) atoms. The average molecular weight is 370 g/mol. The number of hydrogen-bond acceptors (Lipinski definition) is 6. The molecule has 0 saturated heterocycles. The molecule has 9 heteroatoms. The first kappa shape index (κ1) is 18.2. The minimum Gasteiger partial charge on any atom is -0.479 e. The van der Waals surface area contributed by atoms with Gasteiger partial charge in [0.25, 0.3) is 5.91 Å². The molecule has 0 atom stereocenters. The van der Waals surface area contributed by atoms with Gasteiger partial charge in [0, 0.05) is 18.8 Å². The summed E-state index contributed by atoms with van der Waals surface area (Å²) in [6.45, 7) is 2.99. The Labute approximate surface area is 154 Å². The minimum atomic E-state index is -0.518. The highest BCUT2D eigenvalue weighted by Gasteiger charge is 2.16. The molecule has 0 aliphatic rings. The Morgan fingerprint density at radius 2 is 2.11 bits per heavy atom. The number of aromatic nitrogens is 2. The fourth-order valence-corrected chi connectivity index (χ4v) is 2.39. The third-order valence-corrected chi connectivity index (χ3v) is 3.77. The number of hydrogen-bond donors (Lipinski definition) is 1. The second kappa shape index (κ2) is 8.17. The average Bonchev–Trinajstić information content (AvgIpc) is 3.34. The number of benzene rings is 1. The van der Waals surface area contributed by atoms with Crippen LogP contribution in [-0.4, -0.2) is 20.6 Å². The molecule has 0 aliphatic heterocycles. The highest BCUT2D eigenvalue weighted by atomic mass is 16.6. The lowest BCUT2D eigenvalue weighted by molar-refractivity contribution is -0.386. The molecule has 0 radical (unpaired) electrons. The van der Waals surface area contributed by atoms with Crippen molar-refractivity contribution in [3.05, 3.63) is 76.0 Å². The Morgan fingerprint density at radius 1 is 1.30 bits per heavy atom. The number of ether oxygens (including phenoxy) is 1. The first-order chi connectivity index (χ1) is 13.1. The largest absolute Gasteiger partial charge is 0.479 e. The summed E-state index contributed by atoms with van der Waals surface area (Å²) in [6.07, 6.45) is 1.84. The Kier molecular flexibility index (Phi) is 5.50. The van der Waals surface area contributed by atoms with Crippen molar-refractivity contribution in [1.29, 1.82) is 0 Å². The van der Waals surface area contributed by atoms with Crippen LogP contribution in [0, 0.1) is 10.1 Å². The number of amides is 1. The van der Waals surface area contributed by atoms with Gasteiger partial charge < -0.3 is 14.5 Å². The molecule has 0 bridgehead atoms. The minimum absolute atomic E-state index is 0.0287. The second-order valence-electron chi connectivity index (χ2n) is 5.62. The molecule has 3 aromatic rings. The van der Waals surface area contributed by atoms with Gasteiger partial charge in [-0.2, -0.15) is 5.10 Å². The van der Waals surface area contributed by atoms with E-state index in [1.807, 2.05) is 19.2 Å². The molecule has 0 aliphatic carbocycles. The van der Waals surface area contributed by atoms with Crippen LogP contribution in [0.25, 0.3) is 0 Å². The third kappa shape index (κ3) is 4.51. The summed E-state index contributed by atoms with van der Waals surface area (Å²) in [6, 6.07) is 11.0. The number of rotatable bonds is 8. The Hall–Kier alpha value is -3.62. The zero-order valence-corrected chi connectivity index (χ0v) is 14.6. The van der Waals surface area contributed by atoms with Crippen LogP contribution in [0.2, 0.25) is 0 Å². The van der Waals surface area contributed by atoms with Crippen molar-refractivity contribution in [2.24, 2.45) is 0 Å². The fourth-order valence-electron chi connectivity index (χ4n) is 2.39. The number of para-hydroxylation sites is 2. The number of carbonyl (C=O) groups is 1. The molecule has 1 N–H and O–H groups in total. The van der Waals surface area contributed by atoms with E-state index in [4.69, 9.17) is 9.15 Å². The molecule has 0 fully saturated rings. The SMILES string of the molecule is CCn1ccc(CNC(=O)c2ccc(COc3ccccc3[N+](=O)[O-])o2)n1. The molecule has 140 valence electrons. The van der Waals surface area contributed by atoms with E-state index in [1.54, 1.807) is 22.9 Å². The Balaban J connectivity index is 1.56. The summed E-state index contributed by atoms with van der Waals surface area (Å²) in [5, 5.41) is 18.0. The van der Waals surface area contributed by atoms with Crippen molar-refractivity contribution < 1.29 is 18.9 Å². The van der Waals surface area contributed by atoms with Gasteiger partial charge in [0.15, 0.2) is 11.5 Å². The van der Waals surface area contributed by atoms with Crippen LogP contribution in [0.3, 0.4) is 0 Å². The number of nitrogens with one attached hydrogen (secondary N) is 1. The van der Waals surface area contributed by atoms with Gasteiger partial charge in [0.2, 0.25) is 0 Å². The highest BCUT2D eigenvalue weighted by Crippen LogP contribution is 2.26. The first-order valence-corrected chi connectivity index (χ1v) is 8.32. The summed E-state index contributed by atoms with van der Waals surface area (Å²) in [7, 11) is 0. The van der Waals surface area contributed by atoms with Gasteiger partial charge in [0.1, 0.15) is 12.4 Å². The zero-order chi connectivity index (χ0) is 19.2. The standard InChI is InChI=1S/C18H18N4O5/c1-2-21-10-9-13(20-21)11-19-18(23)17-8-7-14(27-17)12-26-16-6-4-3-5-15(16)22(24)25/h3-10H,2,11-12H2,1H3,(H,19,23). The van der Waals surface area contributed by atoms with E-state index < -0.39 is 4.92 Å². The van der Waals surface area contributed by atoms with Gasteiger partial charge in [-0.15, -0.1) is 0 Å². The maximum absolute atomic E-state index is 12.2. The van der Waals surface area contributed by atoms with Gasteiger partial charge in [-0.25, -0.2) is 0 Å². The topological polar surface area (TPSA) is 112 Å². The number of furan rings is 1. The lowest BCUT2D eigenvalue weighted by atomic mass is 10.3. The van der Waals surface area contributed by atoms with Gasteiger partial charge in [-0.05, 0) is 31.2 Å². The van der Waals surface area contributed by atoms with E-state index in [-0.39, 0.29) is 36.3 Å². The molecule has 2 heterocycles. The van der Waals surface area contributed by atoms with Crippen LogP contribution in [0.15, 0.2) is 53.1 Å². The van der Waals surface area contributed by atoms with E-state index in [0.29, 0.717) is 5.76 Å².